The summed E-state index contributed by atoms with van der Waals surface area (Å²) in [6.07, 6.45) is 23.6. The predicted molar refractivity (Wildman–Crippen MR) is 84.1 cm³/mol. The van der Waals surface area contributed by atoms with Crippen LogP contribution in [-0.4, -0.2) is 12.8 Å². The van der Waals surface area contributed by atoms with Gasteiger partial charge in [-0.2, -0.15) is 5.26 Å². The molecule has 1 rings (SSSR count). The van der Waals surface area contributed by atoms with Crippen LogP contribution in [0.5, 0.6) is 0 Å². The van der Waals surface area contributed by atoms with Crippen LogP contribution in [0, 0.1) is 11.3 Å². The molecule has 0 saturated heterocycles. The molecule has 1 aliphatic rings. The summed E-state index contributed by atoms with van der Waals surface area (Å²) in [5.41, 5.74) is 0.405. The summed E-state index contributed by atoms with van der Waals surface area (Å²) < 4.78 is 10.3. The van der Waals surface area contributed by atoms with E-state index in [0.717, 1.165) is 0 Å². The number of rotatable bonds is 0. The van der Waals surface area contributed by atoms with Crippen molar-refractivity contribution in [2.45, 2.75) is 0 Å². The molecule has 0 bridgehead atoms. The Morgan fingerprint density at radius 2 is 1.71 bits per heavy atom. The van der Waals surface area contributed by atoms with Crippen LogP contribution in [0.25, 0.3) is 0 Å². The molecule has 4 heteroatoms. The second-order valence-corrected chi connectivity index (χ2v) is 3.61. The molecule has 106 valence electrons. The first-order valence-electron chi connectivity index (χ1n) is 6.30. The number of aliphatic imine (C=N–C) groups is 1. The smallest absolute Gasteiger partial charge is 0.122 e. The number of nitriles is 1. The molecule has 0 radical (unpaired) electrons. The molecule has 21 heavy (non-hydrogen) atoms. The van der Waals surface area contributed by atoms with Gasteiger partial charge in [-0.05, 0) is 24.3 Å². The highest BCUT2D eigenvalue weighted by molar-refractivity contribution is 5.59. The summed E-state index contributed by atoms with van der Waals surface area (Å²) >= 11 is 0. The maximum Gasteiger partial charge on any atom is 0.122 e. The fourth-order valence-corrected chi connectivity index (χ4v) is 1.12. The van der Waals surface area contributed by atoms with Crippen molar-refractivity contribution in [1.29, 1.82) is 5.26 Å². The Hall–Kier alpha value is -3.06. The van der Waals surface area contributed by atoms with Crippen molar-refractivity contribution in [3.05, 3.63) is 85.2 Å². The molecule has 0 aliphatic carbocycles. The third kappa shape index (κ3) is 9.51. The van der Waals surface area contributed by atoms with Crippen molar-refractivity contribution < 1.29 is 9.47 Å². The standard InChI is InChI=1S/C17H16N2O2/c18-15-17-9-5-6-10-19-11-14-20-12-7-3-1-2-4-8-13-21-16-17/h1-13,16H,14H2. The molecule has 0 saturated carbocycles. The van der Waals surface area contributed by atoms with Gasteiger partial charge in [0.25, 0.3) is 0 Å². The summed E-state index contributed by atoms with van der Waals surface area (Å²) in [6.45, 7) is 0.397. The van der Waals surface area contributed by atoms with Crippen molar-refractivity contribution in [3.8, 4) is 6.07 Å². The van der Waals surface area contributed by atoms with E-state index in [-0.39, 0.29) is 0 Å². The summed E-state index contributed by atoms with van der Waals surface area (Å²) in [5.74, 6) is 0. The third-order valence-corrected chi connectivity index (χ3v) is 2.05. The third-order valence-electron chi connectivity index (χ3n) is 2.05. The van der Waals surface area contributed by atoms with E-state index >= 15 is 0 Å². The molecule has 0 atom stereocenters. The molecule has 1 aliphatic heterocycles. The first kappa shape index (κ1) is 16.0. The Bertz CT molecular complexity index is 568. The van der Waals surface area contributed by atoms with Crippen molar-refractivity contribution >= 4 is 6.21 Å². The number of hydrogen-bond acceptors (Lipinski definition) is 4. The Morgan fingerprint density at radius 3 is 2.52 bits per heavy atom. The zero-order chi connectivity index (χ0) is 15.0. The number of hydrogen-bond donors (Lipinski definition) is 0. The van der Waals surface area contributed by atoms with Gasteiger partial charge in [0.1, 0.15) is 18.9 Å². The number of nitrogens with zero attached hydrogens (tertiary/aromatic N) is 2. The topological polar surface area (TPSA) is 54.6 Å². The second-order valence-electron chi connectivity index (χ2n) is 3.61. The van der Waals surface area contributed by atoms with E-state index < -0.39 is 0 Å². The highest BCUT2D eigenvalue weighted by atomic mass is 16.5. The Morgan fingerprint density at radius 1 is 0.952 bits per heavy atom. The van der Waals surface area contributed by atoms with E-state index in [0.29, 0.717) is 12.2 Å². The Kier molecular flexibility index (Phi) is 9.14. The molecule has 1 heterocycles. The van der Waals surface area contributed by atoms with E-state index in [1.54, 1.807) is 49.1 Å². The maximum atomic E-state index is 8.90. The van der Waals surface area contributed by atoms with Crippen molar-refractivity contribution in [2.24, 2.45) is 4.99 Å². The van der Waals surface area contributed by atoms with Crippen LogP contribution in [-0.2, 0) is 9.47 Å². The van der Waals surface area contributed by atoms with Gasteiger partial charge < -0.3 is 9.47 Å². The van der Waals surface area contributed by atoms with Crippen LogP contribution in [0.1, 0.15) is 0 Å². The quantitative estimate of drug-likeness (QED) is 0.679. The normalized spacial score (nSPS) is 16.0. The van der Waals surface area contributed by atoms with Crippen LogP contribution in [0.4, 0.5) is 0 Å². The lowest BCUT2D eigenvalue weighted by Gasteiger charge is -1.90. The molecule has 0 N–H and O–H groups in total. The van der Waals surface area contributed by atoms with E-state index in [1.807, 2.05) is 30.4 Å². The van der Waals surface area contributed by atoms with Gasteiger partial charge in [0.2, 0.25) is 0 Å². The monoisotopic (exact) mass is 280 g/mol. The van der Waals surface area contributed by atoms with E-state index in [9.17, 15) is 0 Å². The predicted octanol–water partition coefficient (Wildman–Crippen LogP) is 3.72. The molecule has 0 aromatic rings. The minimum Gasteiger partial charge on any atom is -0.496 e. The first-order valence-corrected chi connectivity index (χ1v) is 6.30. The average molecular weight is 280 g/mol. The van der Waals surface area contributed by atoms with Crippen LogP contribution in [0.2, 0.25) is 0 Å². The largest absolute Gasteiger partial charge is 0.496 e. The van der Waals surface area contributed by atoms with Crippen molar-refractivity contribution in [1.82, 2.24) is 0 Å². The Balaban J connectivity index is 2.72. The van der Waals surface area contributed by atoms with Crippen molar-refractivity contribution in [3.63, 3.8) is 0 Å². The van der Waals surface area contributed by atoms with Gasteiger partial charge in [-0.3, -0.25) is 4.99 Å². The van der Waals surface area contributed by atoms with E-state index in [2.05, 4.69) is 4.99 Å². The zero-order valence-corrected chi connectivity index (χ0v) is 11.5. The van der Waals surface area contributed by atoms with Gasteiger partial charge >= 0.3 is 0 Å². The molecule has 0 amide bonds. The lowest BCUT2D eigenvalue weighted by molar-refractivity contribution is 0.306. The Labute approximate surface area is 124 Å². The SMILES string of the molecule is N#CC1=COC=CC=CC=CC=COCC=NC=CC=C1. The molecule has 0 unspecified atom stereocenters. The van der Waals surface area contributed by atoms with Gasteiger partial charge in [0.15, 0.2) is 0 Å². The molecule has 0 aromatic heterocycles. The minimum absolute atomic E-state index is 0.397. The highest BCUT2D eigenvalue weighted by Gasteiger charge is 1.86. The highest BCUT2D eigenvalue weighted by Crippen LogP contribution is 1.97. The second kappa shape index (κ2) is 12.0. The molecule has 4 nitrogen and oxygen atoms in total. The molecular weight excluding hydrogens is 264 g/mol. The van der Waals surface area contributed by atoms with Gasteiger partial charge in [0.05, 0.1) is 18.1 Å². The summed E-state index contributed by atoms with van der Waals surface area (Å²) in [5, 5.41) is 8.90. The van der Waals surface area contributed by atoms with Gasteiger partial charge in [-0.15, -0.1) is 0 Å². The average Bonchev–Trinajstić information content (AvgIpc) is 2.51. The van der Waals surface area contributed by atoms with Crippen LogP contribution in [0.15, 0.2) is 90.2 Å². The molecule has 0 fully saturated rings. The van der Waals surface area contributed by atoms with E-state index in [1.165, 1.54) is 12.5 Å². The molecule has 0 aromatic carbocycles. The van der Waals surface area contributed by atoms with Gasteiger partial charge in [-0.25, -0.2) is 0 Å². The van der Waals surface area contributed by atoms with Crippen LogP contribution < -0.4 is 0 Å². The van der Waals surface area contributed by atoms with Crippen LogP contribution >= 0.6 is 0 Å². The fraction of sp³-hybridized carbons (Fsp3) is 0.0588. The molecular formula is C17H16N2O2. The zero-order valence-electron chi connectivity index (χ0n) is 11.5. The number of allylic oxidation sites excluding steroid dienone is 10. The minimum atomic E-state index is 0.397. The summed E-state index contributed by atoms with van der Waals surface area (Å²) in [7, 11) is 0. The summed E-state index contributed by atoms with van der Waals surface area (Å²) in [6, 6.07) is 2.02. The number of ether oxygens (including phenoxy) is 2. The van der Waals surface area contributed by atoms with Crippen molar-refractivity contribution in [2.75, 3.05) is 6.61 Å². The maximum absolute atomic E-state index is 8.90. The molecule has 0 spiro atoms. The first-order chi connectivity index (χ1) is 10.4. The van der Waals surface area contributed by atoms with Gasteiger partial charge in [-0.1, -0.05) is 30.4 Å². The lowest BCUT2D eigenvalue weighted by atomic mass is 10.3. The summed E-state index contributed by atoms with van der Waals surface area (Å²) in [4.78, 5) is 4.01. The fourth-order valence-electron chi connectivity index (χ4n) is 1.12. The van der Waals surface area contributed by atoms with E-state index in [4.69, 9.17) is 14.7 Å². The van der Waals surface area contributed by atoms with Crippen LogP contribution in [0.3, 0.4) is 0 Å². The van der Waals surface area contributed by atoms with Gasteiger partial charge in [0, 0.05) is 12.4 Å². The lowest BCUT2D eigenvalue weighted by Crippen LogP contribution is -1.86.